The molecule has 0 saturated heterocycles. The summed E-state index contributed by atoms with van der Waals surface area (Å²) in [5.74, 6) is 0.894. The molecular weight excluding hydrogens is 358 g/mol. The first-order chi connectivity index (χ1) is 14.3. The second-order valence-electron chi connectivity index (χ2n) is 6.94. The molecule has 3 aromatic carbocycles. The van der Waals surface area contributed by atoms with Crippen molar-refractivity contribution in [3.63, 3.8) is 0 Å². The molecule has 1 heterocycles. The van der Waals surface area contributed by atoms with Crippen LogP contribution in [0.5, 0.6) is 0 Å². The Hall–Kier alpha value is -3.66. The van der Waals surface area contributed by atoms with Gasteiger partial charge in [-0.25, -0.2) is 0 Å². The molecule has 1 aliphatic heterocycles. The number of hydrogen-bond acceptors (Lipinski definition) is 3. The number of amides is 1. The first-order valence-electron chi connectivity index (χ1n) is 9.77. The molecule has 1 amide bonds. The van der Waals surface area contributed by atoms with Gasteiger partial charge in [-0.1, -0.05) is 72.8 Å². The fourth-order valence-electron chi connectivity index (χ4n) is 3.22. The minimum atomic E-state index is -0.0229. The SMILES string of the molecule is O=C(Cc1ccc(-c2ccccc2)cc1)Nc1ccc(C=CC2=NCCN2)cc1. The first kappa shape index (κ1) is 18.7. The first-order valence-corrected chi connectivity index (χ1v) is 9.77. The lowest BCUT2D eigenvalue weighted by Gasteiger charge is -2.07. The molecule has 0 aliphatic carbocycles. The minimum Gasteiger partial charge on any atom is -0.369 e. The van der Waals surface area contributed by atoms with Crippen molar-refractivity contribution in [3.05, 3.63) is 96.1 Å². The molecule has 144 valence electrons. The monoisotopic (exact) mass is 381 g/mol. The normalized spacial score (nSPS) is 13.2. The van der Waals surface area contributed by atoms with Crippen LogP contribution in [0.1, 0.15) is 11.1 Å². The van der Waals surface area contributed by atoms with Crippen molar-refractivity contribution in [1.82, 2.24) is 5.32 Å². The predicted octanol–water partition coefficient (Wildman–Crippen LogP) is 4.55. The Morgan fingerprint density at radius 3 is 2.31 bits per heavy atom. The summed E-state index contributed by atoms with van der Waals surface area (Å²) in [6.45, 7) is 1.74. The summed E-state index contributed by atoms with van der Waals surface area (Å²) in [5, 5.41) is 6.17. The maximum atomic E-state index is 12.4. The minimum absolute atomic E-state index is 0.0229. The lowest BCUT2D eigenvalue weighted by atomic mass is 10.0. The van der Waals surface area contributed by atoms with Crippen LogP contribution in [0.15, 0.2) is 89.9 Å². The highest BCUT2D eigenvalue weighted by molar-refractivity contribution is 5.97. The summed E-state index contributed by atoms with van der Waals surface area (Å²) in [7, 11) is 0. The van der Waals surface area contributed by atoms with Crippen LogP contribution >= 0.6 is 0 Å². The van der Waals surface area contributed by atoms with Crippen molar-refractivity contribution in [2.45, 2.75) is 6.42 Å². The average molecular weight is 381 g/mol. The predicted molar refractivity (Wildman–Crippen MR) is 120 cm³/mol. The molecule has 0 saturated carbocycles. The topological polar surface area (TPSA) is 53.5 Å². The van der Waals surface area contributed by atoms with Gasteiger partial charge in [-0.3, -0.25) is 9.79 Å². The summed E-state index contributed by atoms with van der Waals surface area (Å²) >= 11 is 0. The van der Waals surface area contributed by atoms with Gasteiger partial charge < -0.3 is 10.6 Å². The lowest BCUT2D eigenvalue weighted by Crippen LogP contribution is -2.15. The van der Waals surface area contributed by atoms with Crippen molar-refractivity contribution in [2.75, 3.05) is 18.4 Å². The van der Waals surface area contributed by atoms with Crippen LogP contribution in [0.4, 0.5) is 5.69 Å². The highest BCUT2D eigenvalue weighted by atomic mass is 16.1. The van der Waals surface area contributed by atoms with Crippen LogP contribution in [0.25, 0.3) is 17.2 Å². The van der Waals surface area contributed by atoms with Crippen molar-refractivity contribution >= 4 is 23.5 Å². The maximum absolute atomic E-state index is 12.4. The number of anilines is 1. The van der Waals surface area contributed by atoms with Gasteiger partial charge >= 0.3 is 0 Å². The molecule has 3 aromatic rings. The lowest BCUT2D eigenvalue weighted by molar-refractivity contribution is -0.115. The third-order valence-electron chi connectivity index (χ3n) is 4.75. The zero-order chi connectivity index (χ0) is 19.9. The number of nitrogens with one attached hydrogen (secondary N) is 2. The van der Waals surface area contributed by atoms with E-state index >= 15 is 0 Å². The van der Waals surface area contributed by atoms with Gasteiger partial charge in [0.2, 0.25) is 5.91 Å². The Kier molecular flexibility index (Phi) is 5.81. The molecule has 0 spiro atoms. The molecule has 4 rings (SSSR count). The molecule has 4 nitrogen and oxygen atoms in total. The van der Waals surface area contributed by atoms with E-state index in [2.05, 4.69) is 39.9 Å². The third-order valence-corrected chi connectivity index (χ3v) is 4.75. The van der Waals surface area contributed by atoms with Crippen molar-refractivity contribution in [2.24, 2.45) is 4.99 Å². The van der Waals surface area contributed by atoms with Gasteiger partial charge in [0.15, 0.2) is 0 Å². The van der Waals surface area contributed by atoms with E-state index in [1.807, 2.05) is 66.7 Å². The quantitative estimate of drug-likeness (QED) is 0.658. The molecule has 0 aromatic heterocycles. The van der Waals surface area contributed by atoms with E-state index in [9.17, 15) is 4.79 Å². The van der Waals surface area contributed by atoms with E-state index in [1.165, 1.54) is 5.56 Å². The van der Waals surface area contributed by atoms with Gasteiger partial charge in [-0.05, 0) is 40.5 Å². The van der Waals surface area contributed by atoms with E-state index in [1.54, 1.807) is 0 Å². The Bertz CT molecular complexity index is 1020. The molecule has 0 fully saturated rings. The standard InChI is InChI=1S/C25H23N3O/c29-25(18-20-6-11-22(12-7-20)21-4-2-1-3-5-21)28-23-13-8-19(9-14-23)10-15-24-26-16-17-27-24/h1-15H,16-18H2,(H,26,27)(H,28,29). The summed E-state index contributed by atoms with van der Waals surface area (Å²) in [6.07, 6.45) is 4.33. The third kappa shape index (κ3) is 5.20. The fourth-order valence-corrected chi connectivity index (χ4v) is 3.22. The fraction of sp³-hybridized carbons (Fsp3) is 0.120. The molecule has 0 unspecified atom stereocenters. The van der Waals surface area contributed by atoms with Gasteiger partial charge in [-0.15, -0.1) is 0 Å². The number of amidine groups is 1. The Labute approximate surface area is 171 Å². The molecular formula is C25H23N3O. The maximum Gasteiger partial charge on any atom is 0.228 e. The average Bonchev–Trinajstić information content (AvgIpc) is 3.28. The van der Waals surface area contributed by atoms with Crippen LogP contribution < -0.4 is 10.6 Å². The van der Waals surface area contributed by atoms with Crippen LogP contribution in [-0.2, 0) is 11.2 Å². The Morgan fingerprint density at radius 1 is 0.897 bits per heavy atom. The van der Waals surface area contributed by atoms with E-state index in [0.29, 0.717) is 6.42 Å². The highest BCUT2D eigenvalue weighted by Gasteiger charge is 2.05. The number of nitrogens with zero attached hydrogens (tertiary/aromatic N) is 1. The Balaban J connectivity index is 1.32. The van der Waals surface area contributed by atoms with Crippen LogP contribution in [0.3, 0.4) is 0 Å². The summed E-state index contributed by atoms with van der Waals surface area (Å²) in [6, 6.07) is 26.2. The molecule has 1 aliphatic rings. The number of carbonyl (C=O) groups excluding carboxylic acids is 1. The van der Waals surface area contributed by atoms with Crippen LogP contribution in [-0.4, -0.2) is 24.8 Å². The number of carbonyl (C=O) groups is 1. The zero-order valence-electron chi connectivity index (χ0n) is 16.1. The van der Waals surface area contributed by atoms with E-state index in [-0.39, 0.29) is 5.91 Å². The van der Waals surface area contributed by atoms with Gasteiger partial charge in [0.25, 0.3) is 0 Å². The molecule has 4 heteroatoms. The number of benzene rings is 3. The summed E-state index contributed by atoms with van der Waals surface area (Å²) in [4.78, 5) is 16.7. The summed E-state index contributed by atoms with van der Waals surface area (Å²) in [5.41, 5.74) is 5.18. The smallest absolute Gasteiger partial charge is 0.228 e. The number of hydrogen-bond donors (Lipinski definition) is 2. The van der Waals surface area contributed by atoms with Crippen molar-refractivity contribution in [1.29, 1.82) is 0 Å². The molecule has 0 radical (unpaired) electrons. The molecule has 29 heavy (non-hydrogen) atoms. The van der Waals surface area contributed by atoms with E-state index < -0.39 is 0 Å². The molecule has 0 bridgehead atoms. The van der Waals surface area contributed by atoms with E-state index in [0.717, 1.165) is 41.3 Å². The second-order valence-corrected chi connectivity index (χ2v) is 6.94. The molecule has 0 atom stereocenters. The van der Waals surface area contributed by atoms with Crippen LogP contribution in [0, 0.1) is 0 Å². The van der Waals surface area contributed by atoms with Gasteiger partial charge in [0, 0.05) is 12.2 Å². The van der Waals surface area contributed by atoms with Crippen molar-refractivity contribution < 1.29 is 4.79 Å². The van der Waals surface area contributed by atoms with Gasteiger partial charge in [-0.2, -0.15) is 0 Å². The molecule has 2 N–H and O–H groups in total. The number of rotatable bonds is 6. The zero-order valence-corrected chi connectivity index (χ0v) is 16.1. The number of aliphatic imine (C=N–C) groups is 1. The van der Waals surface area contributed by atoms with Gasteiger partial charge in [0.05, 0.1) is 13.0 Å². The largest absolute Gasteiger partial charge is 0.369 e. The van der Waals surface area contributed by atoms with Crippen LogP contribution in [0.2, 0.25) is 0 Å². The summed E-state index contributed by atoms with van der Waals surface area (Å²) < 4.78 is 0. The highest BCUT2D eigenvalue weighted by Crippen LogP contribution is 2.19. The Morgan fingerprint density at radius 2 is 1.62 bits per heavy atom. The second kappa shape index (κ2) is 9.02. The van der Waals surface area contributed by atoms with Crippen molar-refractivity contribution in [3.8, 4) is 11.1 Å². The van der Waals surface area contributed by atoms with E-state index in [4.69, 9.17) is 0 Å². The van der Waals surface area contributed by atoms with Gasteiger partial charge in [0.1, 0.15) is 5.84 Å².